The fraction of sp³-hybridized carbons (Fsp3) is 0.588. The Morgan fingerprint density at radius 1 is 1.27 bits per heavy atom. The second kappa shape index (κ2) is 5.60. The second-order valence-electron chi connectivity index (χ2n) is 6.64. The van der Waals surface area contributed by atoms with Crippen LogP contribution in [0.25, 0.3) is 0 Å². The third kappa shape index (κ3) is 2.78. The van der Waals surface area contributed by atoms with E-state index in [9.17, 15) is 14.4 Å². The molecule has 5 nitrogen and oxygen atoms in total. The lowest BCUT2D eigenvalue weighted by Gasteiger charge is -2.45. The van der Waals surface area contributed by atoms with E-state index in [0.717, 1.165) is 0 Å². The number of carbonyl (C=O) groups excluding carboxylic acids is 3. The molecule has 0 aromatic carbocycles. The van der Waals surface area contributed by atoms with Gasteiger partial charge < -0.3 is 9.47 Å². The summed E-state index contributed by atoms with van der Waals surface area (Å²) in [6.45, 7) is 5.10. The Labute approximate surface area is 130 Å². The van der Waals surface area contributed by atoms with E-state index < -0.39 is 23.0 Å². The number of terminal acetylenes is 1. The highest BCUT2D eigenvalue weighted by Gasteiger charge is 2.55. The molecule has 1 saturated carbocycles. The van der Waals surface area contributed by atoms with Crippen LogP contribution < -0.4 is 0 Å². The number of esters is 2. The largest absolute Gasteiger partial charge is 0.456 e. The van der Waals surface area contributed by atoms with Crippen molar-refractivity contribution < 1.29 is 23.9 Å². The minimum Gasteiger partial charge on any atom is -0.456 e. The van der Waals surface area contributed by atoms with E-state index in [4.69, 9.17) is 15.9 Å². The van der Waals surface area contributed by atoms with Gasteiger partial charge in [0.2, 0.25) is 0 Å². The summed E-state index contributed by atoms with van der Waals surface area (Å²) in [6, 6.07) is 0. The number of hydrogen-bond donors (Lipinski definition) is 0. The molecule has 5 heteroatoms. The van der Waals surface area contributed by atoms with Gasteiger partial charge in [-0.25, -0.2) is 4.79 Å². The number of fused-ring (bicyclic) bond motifs is 1. The first-order valence-corrected chi connectivity index (χ1v) is 7.32. The molecule has 2 aliphatic rings. The summed E-state index contributed by atoms with van der Waals surface area (Å²) in [4.78, 5) is 36.7. The predicted octanol–water partition coefficient (Wildman–Crippen LogP) is 1.94. The van der Waals surface area contributed by atoms with Crippen LogP contribution in [-0.4, -0.2) is 29.9 Å². The highest BCUT2D eigenvalue weighted by atomic mass is 16.6. The quantitative estimate of drug-likeness (QED) is 0.453. The maximum Gasteiger partial charge on any atom is 0.342 e. The van der Waals surface area contributed by atoms with Gasteiger partial charge in [-0.2, -0.15) is 0 Å². The van der Waals surface area contributed by atoms with Crippen LogP contribution in [0.2, 0.25) is 0 Å². The Kier molecular flexibility index (Phi) is 4.15. The molecule has 2 rings (SSSR count). The average molecular weight is 304 g/mol. The third-order valence-corrected chi connectivity index (χ3v) is 4.02. The van der Waals surface area contributed by atoms with Crippen molar-refractivity contribution in [1.29, 1.82) is 0 Å². The number of hydrogen-bond acceptors (Lipinski definition) is 5. The van der Waals surface area contributed by atoms with Gasteiger partial charge >= 0.3 is 11.9 Å². The summed E-state index contributed by atoms with van der Waals surface area (Å²) in [5.41, 5.74) is -0.972. The Bertz CT molecular complexity index is 600. The zero-order valence-corrected chi connectivity index (χ0v) is 13.2. The van der Waals surface area contributed by atoms with Crippen molar-refractivity contribution in [3.8, 4) is 12.3 Å². The number of ketones is 1. The normalized spacial score (nSPS) is 24.0. The van der Waals surface area contributed by atoms with E-state index in [-0.39, 0.29) is 24.4 Å². The Morgan fingerprint density at radius 2 is 1.91 bits per heavy atom. The van der Waals surface area contributed by atoms with Gasteiger partial charge in [0.05, 0.1) is 5.41 Å². The molecule has 118 valence electrons. The topological polar surface area (TPSA) is 69.7 Å². The molecule has 0 amide bonds. The van der Waals surface area contributed by atoms with E-state index in [2.05, 4.69) is 5.92 Å². The minimum atomic E-state index is -0.864. The van der Waals surface area contributed by atoms with Crippen molar-refractivity contribution in [1.82, 2.24) is 0 Å². The molecule has 0 bridgehead atoms. The lowest BCUT2D eigenvalue weighted by Crippen LogP contribution is -2.47. The van der Waals surface area contributed by atoms with Gasteiger partial charge in [-0.1, -0.05) is 5.92 Å². The molecule has 0 N–H and O–H groups in total. The van der Waals surface area contributed by atoms with Gasteiger partial charge in [-0.05, 0) is 45.6 Å². The fourth-order valence-corrected chi connectivity index (χ4v) is 2.95. The Balaban J connectivity index is 2.33. The molecule has 0 heterocycles. The first-order valence-electron chi connectivity index (χ1n) is 7.32. The van der Waals surface area contributed by atoms with Crippen LogP contribution in [0.5, 0.6) is 0 Å². The summed E-state index contributed by atoms with van der Waals surface area (Å²) < 4.78 is 10.4. The summed E-state index contributed by atoms with van der Waals surface area (Å²) in [5.74, 6) is 0.894. The monoisotopic (exact) mass is 304 g/mol. The van der Waals surface area contributed by atoms with Gasteiger partial charge in [-0.15, -0.1) is 6.42 Å². The molecule has 0 unspecified atom stereocenters. The predicted molar refractivity (Wildman–Crippen MR) is 78.6 cm³/mol. The molecule has 0 saturated heterocycles. The van der Waals surface area contributed by atoms with Crippen LogP contribution in [0.15, 0.2) is 11.1 Å². The maximum absolute atomic E-state index is 12.3. The van der Waals surface area contributed by atoms with Crippen molar-refractivity contribution >= 4 is 17.7 Å². The highest BCUT2D eigenvalue weighted by molar-refractivity contribution is 6.20. The zero-order valence-electron chi connectivity index (χ0n) is 13.2. The van der Waals surface area contributed by atoms with Crippen molar-refractivity contribution in [3.05, 3.63) is 11.1 Å². The SMILES string of the molecule is C#CCOC(=O)[C@]12CCC(=O)C(C(=O)OC(C)(C)C)=C1CC2. The van der Waals surface area contributed by atoms with Crippen LogP contribution in [0, 0.1) is 17.8 Å². The van der Waals surface area contributed by atoms with E-state index >= 15 is 0 Å². The Hall–Kier alpha value is -2.09. The first-order chi connectivity index (χ1) is 10.2. The van der Waals surface area contributed by atoms with Crippen molar-refractivity contribution in [2.24, 2.45) is 5.41 Å². The van der Waals surface area contributed by atoms with Gasteiger partial charge in [0.1, 0.15) is 11.2 Å². The summed E-state index contributed by atoms with van der Waals surface area (Å²) in [6.07, 6.45) is 6.72. The molecule has 1 atom stereocenters. The maximum atomic E-state index is 12.3. The highest BCUT2D eigenvalue weighted by Crippen LogP contribution is 2.55. The van der Waals surface area contributed by atoms with E-state index in [1.54, 1.807) is 20.8 Å². The van der Waals surface area contributed by atoms with Crippen molar-refractivity contribution in [2.75, 3.05) is 6.61 Å². The molecular weight excluding hydrogens is 284 g/mol. The second-order valence-corrected chi connectivity index (χ2v) is 6.64. The average Bonchev–Trinajstić information content (AvgIpc) is 2.37. The summed E-state index contributed by atoms with van der Waals surface area (Å²) in [5, 5.41) is 0. The minimum absolute atomic E-state index is 0.0325. The molecule has 0 aromatic heterocycles. The van der Waals surface area contributed by atoms with Crippen LogP contribution in [0.4, 0.5) is 0 Å². The lowest BCUT2D eigenvalue weighted by atomic mass is 9.57. The van der Waals surface area contributed by atoms with E-state index in [0.29, 0.717) is 24.8 Å². The molecule has 22 heavy (non-hydrogen) atoms. The van der Waals surface area contributed by atoms with Gasteiger partial charge in [0.15, 0.2) is 12.4 Å². The molecule has 0 aromatic rings. The smallest absolute Gasteiger partial charge is 0.342 e. The van der Waals surface area contributed by atoms with Crippen LogP contribution in [0.3, 0.4) is 0 Å². The van der Waals surface area contributed by atoms with Gasteiger partial charge in [0.25, 0.3) is 0 Å². The summed E-state index contributed by atoms with van der Waals surface area (Å²) >= 11 is 0. The fourth-order valence-electron chi connectivity index (χ4n) is 2.95. The molecule has 2 aliphatic carbocycles. The zero-order chi connectivity index (χ0) is 16.5. The van der Waals surface area contributed by atoms with Crippen LogP contribution >= 0.6 is 0 Å². The molecule has 0 radical (unpaired) electrons. The number of rotatable bonds is 3. The third-order valence-electron chi connectivity index (χ3n) is 4.02. The lowest BCUT2D eigenvalue weighted by molar-refractivity contribution is -0.157. The van der Waals surface area contributed by atoms with E-state index in [1.807, 2.05) is 0 Å². The molecule has 0 spiro atoms. The molecule has 1 fully saturated rings. The van der Waals surface area contributed by atoms with Gasteiger partial charge in [-0.3, -0.25) is 9.59 Å². The van der Waals surface area contributed by atoms with Crippen LogP contribution in [0.1, 0.15) is 46.5 Å². The number of ether oxygens (including phenoxy) is 2. The Morgan fingerprint density at radius 3 is 2.41 bits per heavy atom. The van der Waals surface area contributed by atoms with Crippen molar-refractivity contribution in [3.63, 3.8) is 0 Å². The number of carbonyl (C=O) groups is 3. The molecular formula is C17H20O5. The molecule has 0 aliphatic heterocycles. The number of Topliss-reactive ketones (excluding diaryl/α,β-unsaturated/α-hetero) is 1. The summed E-state index contributed by atoms with van der Waals surface area (Å²) in [7, 11) is 0. The van der Waals surface area contributed by atoms with Crippen molar-refractivity contribution in [2.45, 2.75) is 52.1 Å². The standard InChI is InChI=1S/C17H20O5/c1-5-10-21-15(20)17-8-6-11(17)13(12(18)7-9-17)14(19)22-16(2,3)4/h1H,6-10H2,2-4H3/t17-/m1/s1. The van der Waals surface area contributed by atoms with Gasteiger partial charge in [0, 0.05) is 6.42 Å². The van der Waals surface area contributed by atoms with Crippen LogP contribution in [-0.2, 0) is 23.9 Å². The van der Waals surface area contributed by atoms with E-state index in [1.165, 1.54) is 0 Å². The first kappa shape index (κ1) is 16.3.